The quantitative estimate of drug-likeness (QED) is 0.549. The molecule has 0 aromatic heterocycles. The van der Waals surface area contributed by atoms with Gasteiger partial charge in [-0.3, -0.25) is 0 Å². The van der Waals surface area contributed by atoms with Crippen LogP contribution in [0.3, 0.4) is 0 Å². The fourth-order valence-corrected chi connectivity index (χ4v) is 0.723. The van der Waals surface area contributed by atoms with Gasteiger partial charge in [-0.25, -0.2) is 0 Å². The molecule has 1 heteroatoms. The Morgan fingerprint density at radius 3 is 2.00 bits per heavy atom. The van der Waals surface area contributed by atoms with Crippen molar-refractivity contribution in [2.75, 3.05) is 0 Å². The summed E-state index contributed by atoms with van der Waals surface area (Å²) in [4.78, 5) is 0. The summed E-state index contributed by atoms with van der Waals surface area (Å²) in [6.45, 7) is 5.83. The van der Waals surface area contributed by atoms with Crippen LogP contribution in [-0.4, -0.2) is 51.4 Å². The summed E-state index contributed by atoms with van der Waals surface area (Å²) >= 11 is 0. The Morgan fingerprint density at radius 2 is 1.70 bits per heavy atom. The van der Waals surface area contributed by atoms with Crippen LogP contribution in [-0.2, 0) is 0 Å². The predicted octanol–water partition coefficient (Wildman–Crippen LogP) is 2.07. The maximum atomic E-state index is 3.83. The van der Waals surface area contributed by atoms with E-state index in [0.717, 1.165) is 5.57 Å². The summed E-state index contributed by atoms with van der Waals surface area (Å²) < 4.78 is 0. The van der Waals surface area contributed by atoms with Crippen molar-refractivity contribution in [2.24, 2.45) is 0 Å². The number of rotatable bonds is 1. The molecule has 0 saturated heterocycles. The first-order valence-electron chi connectivity index (χ1n) is 3.01. The summed E-state index contributed by atoms with van der Waals surface area (Å²) in [6.07, 6.45) is 0. The summed E-state index contributed by atoms with van der Waals surface area (Å²) in [6, 6.07) is 10.2. The van der Waals surface area contributed by atoms with Gasteiger partial charge in [-0.2, -0.15) is 0 Å². The van der Waals surface area contributed by atoms with Gasteiger partial charge in [0.15, 0.2) is 0 Å². The molecule has 0 saturated carbocycles. The number of benzene rings is 1. The molecule has 0 amide bonds. The van der Waals surface area contributed by atoms with Crippen molar-refractivity contribution in [1.82, 2.24) is 0 Å². The third kappa shape index (κ3) is 3.13. The number of allylic oxidation sites excluding steroid dienone is 1. The van der Waals surface area contributed by atoms with Crippen LogP contribution in [0.2, 0.25) is 0 Å². The molecule has 0 aliphatic carbocycles. The SMILES string of the molecule is C=C(C)c1ccccc1.[KH]. The second kappa shape index (κ2) is 5.27. The van der Waals surface area contributed by atoms with Gasteiger partial charge in [0.05, 0.1) is 0 Å². The van der Waals surface area contributed by atoms with E-state index in [0.29, 0.717) is 0 Å². The molecule has 0 aliphatic rings. The molecule has 0 fully saturated rings. The molecule has 0 atom stereocenters. The van der Waals surface area contributed by atoms with Gasteiger partial charge in [-0.05, 0) is 12.5 Å². The monoisotopic (exact) mass is 158 g/mol. The van der Waals surface area contributed by atoms with Gasteiger partial charge >= 0.3 is 51.4 Å². The molecule has 0 spiro atoms. The van der Waals surface area contributed by atoms with Crippen LogP contribution < -0.4 is 0 Å². The summed E-state index contributed by atoms with van der Waals surface area (Å²) in [5, 5.41) is 0. The van der Waals surface area contributed by atoms with E-state index in [9.17, 15) is 0 Å². The van der Waals surface area contributed by atoms with Crippen LogP contribution in [0.5, 0.6) is 0 Å². The molecule has 1 aromatic carbocycles. The van der Waals surface area contributed by atoms with Gasteiger partial charge in [-0.1, -0.05) is 42.5 Å². The standard InChI is InChI=1S/C9H10.K.H/c1-8(2)9-6-4-3-5-7-9;;/h3-7H,1H2,2H3;;. The van der Waals surface area contributed by atoms with Crippen LogP contribution in [0.25, 0.3) is 5.57 Å². The molecule has 0 bridgehead atoms. The van der Waals surface area contributed by atoms with E-state index in [1.807, 2.05) is 25.1 Å². The Bertz CT molecular complexity index is 201. The molecule has 0 nitrogen and oxygen atoms in total. The third-order valence-electron chi connectivity index (χ3n) is 1.27. The normalized spacial score (nSPS) is 8.10. The molecule has 0 N–H and O–H groups in total. The Hall–Kier alpha value is 0.596. The van der Waals surface area contributed by atoms with Gasteiger partial charge in [-0.15, -0.1) is 0 Å². The van der Waals surface area contributed by atoms with Gasteiger partial charge in [0.1, 0.15) is 0 Å². The van der Waals surface area contributed by atoms with Crippen LogP contribution in [0, 0.1) is 0 Å². The van der Waals surface area contributed by atoms with Crippen molar-refractivity contribution in [3.05, 3.63) is 42.5 Å². The zero-order valence-electron chi connectivity index (χ0n) is 5.59. The zero-order chi connectivity index (χ0) is 6.69. The van der Waals surface area contributed by atoms with Crippen molar-refractivity contribution in [3.63, 3.8) is 0 Å². The number of hydrogen-bond acceptors (Lipinski definition) is 0. The topological polar surface area (TPSA) is 0 Å². The van der Waals surface area contributed by atoms with Gasteiger partial charge in [0.25, 0.3) is 0 Å². The van der Waals surface area contributed by atoms with Gasteiger partial charge in [0.2, 0.25) is 0 Å². The van der Waals surface area contributed by atoms with Crippen molar-refractivity contribution < 1.29 is 0 Å². The Morgan fingerprint density at radius 1 is 1.20 bits per heavy atom. The molecule has 48 valence electrons. The van der Waals surface area contributed by atoms with E-state index in [2.05, 4.69) is 18.7 Å². The molecular weight excluding hydrogens is 147 g/mol. The fraction of sp³-hybridized carbons (Fsp3) is 0.111. The van der Waals surface area contributed by atoms with E-state index in [1.54, 1.807) is 0 Å². The second-order valence-corrected chi connectivity index (χ2v) is 2.15. The Kier molecular flexibility index (Phi) is 5.59. The molecule has 0 heterocycles. The Labute approximate surface area is 105 Å². The molecule has 0 unspecified atom stereocenters. The van der Waals surface area contributed by atoms with Crippen molar-refractivity contribution in [2.45, 2.75) is 6.92 Å². The molecular formula is C9H11K. The van der Waals surface area contributed by atoms with E-state index >= 15 is 0 Å². The van der Waals surface area contributed by atoms with Crippen LogP contribution >= 0.6 is 0 Å². The summed E-state index contributed by atoms with van der Waals surface area (Å²) in [5.41, 5.74) is 2.34. The minimum absolute atomic E-state index is 0. The van der Waals surface area contributed by atoms with Crippen molar-refractivity contribution in [1.29, 1.82) is 0 Å². The molecule has 1 rings (SSSR count). The summed E-state index contributed by atoms with van der Waals surface area (Å²) in [5.74, 6) is 0. The first-order valence-corrected chi connectivity index (χ1v) is 3.01. The predicted molar refractivity (Wildman–Crippen MR) is 48.3 cm³/mol. The van der Waals surface area contributed by atoms with E-state index in [4.69, 9.17) is 0 Å². The first-order chi connectivity index (χ1) is 4.30. The van der Waals surface area contributed by atoms with Crippen molar-refractivity contribution in [3.8, 4) is 0 Å². The second-order valence-electron chi connectivity index (χ2n) is 2.15. The van der Waals surface area contributed by atoms with Crippen LogP contribution in [0.4, 0.5) is 0 Å². The van der Waals surface area contributed by atoms with Gasteiger partial charge < -0.3 is 0 Å². The third-order valence-corrected chi connectivity index (χ3v) is 1.27. The van der Waals surface area contributed by atoms with Crippen LogP contribution in [0.15, 0.2) is 36.9 Å². The summed E-state index contributed by atoms with van der Waals surface area (Å²) in [7, 11) is 0. The van der Waals surface area contributed by atoms with Gasteiger partial charge in [0, 0.05) is 0 Å². The zero-order valence-corrected chi connectivity index (χ0v) is 5.59. The number of hydrogen-bond donors (Lipinski definition) is 0. The van der Waals surface area contributed by atoms with Crippen LogP contribution in [0.1, 0.15) is 12.5 Å². The average molecular weight is 158 g/mol. The molecule has 0 aliphatic heterocycles. The average Bonchev–Trinajstić information content (AvgIpc) is 1.90. The molecule has 1 aromatic rings. The minimum atomic E-state index is 0. The molecule has 0 radical (unpaired) electrons. The molecule has 10 heavy (non-hydrogen) atoms. The van der Waals surface area contributed by atoms with E-state index < -0.39 is 0 Å². The van der Waals surface area contributed by atoms with Crippen molar-refractivity contribution >= 4 is 57.0 Å². The maximum absolute atomic E-state index is 3.83. The Balaban J connectivity index is 0.000000810. The first kappa shape index (κ1) is 10.6. The van der Waals surface area contributed by atoms with E-state index in [-0.39, 0.29) is 51.4 Å². The van der Waals surface area contributed by atoms with E-state index in [1.165, 1.54) is 5.56 Å². The fourth-order valence-electron chi connectivity index (χ4n) is 0.723.